The average Bonchev–Trinajstić information content (AvgIpc) is 2.37. The Kier molecular flexibility index (Phi) is 5.02. The number of hydrogen-bond donors (Lipinski definition) is 1. The highest BCUT2D eigenvalue weighted by Gasteiger charge is 2.32. The van der Waals surface area contributed by atoms with Gasteiger partial charge in [0.1, 0.15) is 0 Å². The molecule has 1 aromatic carbocycles. The second kappa shape index (κ2) is 6.19. The maximum Gasteiger partial charge on any atom is 0.422 e. The molecule has 0 aliphatic carbocycles. The molecule has 0 spiro atoms. The predicted octanol–water partition coefficient (Wildman–Crippen LogP) is 2.46. The third-order valence-corrected chi connectivity index (χ3v) is 4.57. The summed E-state index contributed by atoms with van der Waals surface area (Å²) in [4.78, 5) is 11.8. The van der Waals surface area contributed by atoms with Gasteiger partial charge in [0.15, 0.2) is 5.60 Å². The summed E-state index contributed by atoms with van der Waals surface area (Å²) < 4.78 is 31.0. The zero-order valence-electron chi connectivity index (χ0n) is 12.5. The minimum absolute atomic E-state index is 0.0167. The molecule has 114 valence electrons. The predicted molar refractivity (Wildman–Crippen MR) is 80.1 cm³/mol. The fraction of sp³-hybridized carbons (Fsp3) is 0.400. The van der Waals surface area contributed by atoms with Crippen LogP contribution in [-0.4, -0.2) is 20.1 Å². The Morgan fingerprint density at radius 1 is 1.33 bits per heavy atom. The van der Waals surface area contributed by atoms with Crippen molar-refractivity contribution < 1.29 is 17.9 Å². The monoisotopic (exact) mass is 309 g/mol. The number of rotatable bonds is 4. The largest absolute Gasteiger partial charge is 0.429 e. The van der Waals surface area contributed by atoms with E-state index < -0.39 is 21.7 Å². The second-order valence-corrected chi connectivity index (χ2v) is 6.90. The van der Waals surface area contributed by atoms with Crippen LogP contribution in [0.1, 0.15) is 26.3 Å². The molecule has 1 aromatic rings. The standard InChI is InChI=1S/C15H19NO4S/c1-6-15(5,11(2)3)20-14(17)16-21(18,19)13-9-7-12(4)8-10-13/h1,7-11H,2-5H3,(H,16,17). The lowest BCUT2D eigenvalue weighted by molar-refractivity contribution is 0.0386. The van der Waals surface area contributed by atoms with Crippen molar-refractivity contribution in [1.82, 2.24) is 4.72 Å². The number of nitrogens with one attached hydrogen (secondary N) is 1. The number of aryl methyl sites for hydroxylation is 1. The third-order valence-electron chi connectivity index (χ3n) is 3.24. The molecule has 0 fully saturated rings. The van der Waals surface area contributed by atoms with Gasteiger partial charge in [0, 0.05) is 5.92 Å². The summed E-state index contributed by atoms with van der Waals surface area (Å²) in [5, 5.41) is 0. The molecule has 0 saturated carbocycles. The number of amides is 1. The molecule has 0 aliphatic rings. The number of carbonyl (C=O) groups excluding carboxylic acids is 1. The highest BCUT2D eigenvalue weighted by molar-refractivity contribution is 7.90. The first-order valence-electron chi connectivity index (χ1n) is 6.41. The fourth-order valence-corrected chi connectivity index (χ4v) is 2.29. The highest BCUT2D eigenvalue weighted by atomic mass is 32.2. The van der Waals surface area contributed by atoms with Crippen molar-refractivity contribution in [2.45, 2.75) is 38.2 Å². The molecule has 1 atom stereocenters. The van der Waals surface area contributed by atoms with Gasteiger partial charge in [-0.3, -0.25) is 0 Å². The third kappa shape index (κ3) is 4.23. The zero-order chi connectivity index (χ0) is 16.3. The topological polar surface area (TPSA) is 72.5 Å². The lowest BCUT2D eigenvalue weighted by Gasteiger charge is -2.27. The van der Waals surface area contributed by atoms with Crippen molar-refractivity contribution >= 4 is 16.1 Å². The van der Waals surface area contributed by atoms with Crippen LogP contribution in [0.3, 0.4) is 0 Å². The molecule has 1 N–H and O–H groups in total. The van der Waals surface area contributed by atoms with Gasteiger partial charge in [-0.1, -0.05) is 37.5 Å². The summed E-state index contributed by atoms with van der Waals surface area (Å²) >= 11 is 0. The van der Waals surface area contributed by atoms with Gasteiger partial charge in [0.05, 0.1) is 4.90 Å². The lowest BCUT2D eigenvalue weighted by Crippen LogP contribution is -2.41. The zero-order valence-corrected chi connectivity index (χ0v) is 13.3. The molecular formula is C15H19NO4S. The molecule has 0 saturated heterocycles. The smallest absolute Gasteiger partial charge is 0.422 e. The van der Waals surface area contributed by atoms with Crippen LogP contribution in [0.2, 0.25) is 0 Å². The van der Waals surface area contributed by atoms with Crippen molar-refractivity contribution in [1.29, 1.82) is 0 Å². The first kappa shape index (κ1) is 17.1. The average molecular weight is 309 g/mol. The Balaban J connectivity index is 2.88. The first-order chi connectivity index (χ1) is 9.60. The van der Waals surface area contributed by atoms with Crippen LogP contribution >= 0.6 is 0 Å². The Morgan fingerprint density at radius 2 is 1.86 bits per heavy atom. The summed E-state index contributed by atoms with van der Waals surface area (Å²) in [6.45, 7) is 6.94. The Hall–Kier alpha value is -2.00. The molecule has 0 aliphatic heterocycles. The molecule has 1 unspecified atom stereocenters. The maximum absolute atomic E-state index is 12.0. The Bertz CT molecular complexity index is 656. The van der Waals surface area contributed by atoms with Crippen molar-refractivity contribution in [3.8, 4) is 12.3 Å². The first-order valence-corrected chi connectivity index (χ1v) is 7.89. The van der Waals surface area contributed by atoms with E-state index in [9.17, 15) is 13.2 Å². The highest BCUT2D eigenvalue weighted by Crippen LogP contribution is 2.21. The van der Waals surface area contributed by atoms with Gasteiger partial charge < -0.3 is 4.74 Å². The van der Waals surface area contributed by atoms with E-state index in [1.54, 1.807) is 32.9 Å². The minimum Gasteiger partial charge on any atom is -0.429 e. The molecule has 0 aromatic heterocycles. The number of benzene rings is 1. The molecule has 21 heavy (non-hydrogen) atoms. The van der Waals surface area contributed by atoms with E-state index >= 15 is 0 Å². The van der Waals surface area contributed by atoms with Crippen LogP contribution in [0.25, 0.3) is 0 Å². The van der Waals surface area contributed by atoms with Gasteiger partial charge in [-0.25, -0.2) is 17.9 Å². The van der Waals surface area contributed by atoms with E-state index in [4.69, 9.17) is 11.2 Å². The molecular weight excluding hydrogens is 290 g/mol. The van der Waals surface area contributed by atoms with Crippen molar-refractivity contribution in [3.05, 3.63) is 29.8 Å². The van der Waals surface area contributed by atoms with Crippen LogP contribution in [-0.2, 0) is 14.8 Å². The minimum atomic E-state index is -3.98. The SMILES string of the molecule is C#CC(C)(OC(=O)NS(=O)(=O)c1ccc(C)cc1)C(C)C. The fourth-order valence-electron chi connectivity index (χ4n) is 1.41. The molecule has 5 nitrogen and oxygen atoms in total. The van der Waals surface area contributed by atoms with Gasteiger partial charge >= 0.3 is 6.09 Å². The summed E-state index contributed by atoms with van der Waals surface area (Å²) in [5.41, 5.74) is -0.261. The van der Waals surface area contributed by atoms with Crippen LogP contribution in [0.4, 0.5) is 4.79 Å². The van der Waals surface area contributed by atoms with E-state index in [0.717, 1.165) is 5.56 Å². The Morgan fingerprint density at radius 3 is 2.29 bits per heavy atom. The lowest BCUT2D eigenvalue weighted by atomic mass is 9.93. The summed E-state index contributed by atoms with van der Waals surface area (Å²) in [7, 11) is -3.98. The van der Waals surface area contributed by atoms with Gasteiger partial charge in [-0.2, -0.15) is 0 Å². The summed E-state index contributed by atoms with van der Waals surface area (Å²) in [6.07, 6.45) is 4.25. The van der Waals surface area contributed by atoms with Crippen LogP contribution < -0.4 is 4.72 Å². The molecule has 6 heteroatoms. The van der Waals surface area contributed by atoms with Gasteiger partial charge in [-0.15, -0.1) is 6.42 Å². The number of terminal acetylenes is 1. The van der Waals surface area contributed by atoms with Crippen LogP contribution in [0.5, 0.6) is 0 Å². The second-order valence-electron chi connectivity index (χ2n) is 5.21. The molecule has 0 radical (unpaired) electrons. The van der Waals surface area contributed by atoms with Crippen molar-refractivity contribution in [3.63, 3.8) is 0 Å². The van der Waals surface area contributed by atoms with Crippen molar-refractivity contribution in [2.75, 3.05) is 0 Å². The van der Waals surface area contributed by atoms with E-state index in [2.05, 4.69) is 5.92 Å². The molecule has 1 rings (SSSR count). The molecule has 1 amide bonds. The van der Waals surface area contributed by atoms with E-state index in [-0.39, 0.29) is 10.8 Å². The number of ether oxygens (including phenoxy) is 1. The molecule has 0 heterocycles. The van der Waals surface area contributed by atoms with E-state index in [0.29, 0.717) is 0 Å². The quantitative estimate of drug-likeness (QED) is 0.867. The van der Waals surface area contributed by atoms with Crippen LogP contribution in [0, 0.1) is 25.2 Å². The Labute approximate surface area is 125 Å². The van der Waals surface area contributed by atoms with E-state index in [1.165, 1.54) is 12.1 Å². The summed E-state index contributed by atoms with van der Waals surface area (Å²) in [6, 6.07) is 6.10. The van der Waals surface area contributed by atoms with E-state index in [1.807, 2.05) is 11.6 Å². The number of carbonyl (C=O) groups is 1. The summed E-state index contributed by atoms with van der Waals surface area (Å²) in [5.74, 6) is 2.21. The number of sulfonamides is 1. The molecule has 0 bridgehead atoms. The maximum atomic E-state index is 12.0. The van der Waals surface area contributed by atoms with Gasteiger partial charge in [0.25, 0.3) is 10.0 Å². The van der Waals surface area contributed by atoms with Crippen LogP contribution in [0.15, 0.2) is 29.2 Å². The van der Waals surface area contributed by atoms with Gasteiger partial charge in [-0.05, 0) is 26.0 Å². The van der Waals surface area contributed by atoms with Crippen molar-refractivity contribution in [2.24, 2.45) is 5.92 Å². The number of hydrogen-bond acceptors (Lipinski definition) is 4. The van der Waals surface area contributed by atoms with Gasteiger partial charge in [0.2, 0.25) is 0 Å². The normalized spacial score (nSPS) is 14.1.